The van der Waals surface area contributed by atoms with E-state index in [1.165, 1.54) is 140 Å². The molecule has 4 aliphatic rings. The molecule has 0 spiro atoms. The molecule has 4 aromatic carbocycles. The van der Waals surface area contributed by atoms with Crippen molar-refractivity contribution in [2.24, 2.45) is 35.5 Å². The molecule has 0 nitrogen and oxygen atoms in total. The van der Waals surface area contributed by atoms with Crippen LogP contribution in [0, 0.1) is 35.5 Å². The van der Waals surface area contributed by atoms with Gasteiger partial charge in [-0.3, -0.25) is 0 Å². The van der Waals surface area contributed by atoms with E-state index in [0.717, 1.165) is 35.5 Å². The summed E-state index contributed by atoms with van der Waals surface area (Å²) in [7, 11) is 0. The van der Waals surface area contributed by atoms with Gasteiger partial charge in [0, 0.05) is 10.8 Å². The summed E-state index contributed by atoms with van der Waals surface area (Å²) in [5.41, 5.74) is 9.39. The first-order chi connectivity index (χ1) is 26.7. The second-order valence-corrected chi connectivity index (χ2v) is 18.5. The Morgan fingerprint density at radius 2 is 0.741 bits per heavy atom. The van der Waals surface area contributed by atoms with E-state index in [0.29, 0.717) is 0 Å². The lowest BCUT2D eigenvalue weighted by Crippen LogP contribution is -2.34. The lowest BCUT2D eigenvalue weighted by atomic mass is 9.65. The molecule has 0 unspecified atom stereocenters. The molecule has 54 heavy (non-hydrogen) atoms. The van der Waals surface area contributed by atoms with Gasteiger partial charge in [0.1, 0.15) is 0 Å². The van der Waals surface area contributed by atoms with Crippen molar-refractivity contribution in [3.63, 3.8) is 0 Å². The molecule has 8 rings (SSSR count). The summed E-state index contributed by atoms with van der Waals surface area (Å²) in [5.74, 6) is 4.81. The minimum Gasteiger partial charge on any atom is -0.0654 e. The fraction of sp³-hybridized carbons (Fsp3) is 0.556. The highest BCUT2D eigenvalue weighted by Gasteiger charge is 2.61. The first-order valence-electron chi connectivity index (χ1n) is 23.0. The third-order valence-electron chi connectivity index (χ3n) is 15.8. The van der Waals surface area contributed by atoms with Gasteiger partial charge in [-0.15, -0.1) is 0 Å². The Morgan fingerprint density at radius 3 is 1.13 bits per heavy atom. The minimum atomic E-state index is 0.173. The van der Waals surface area contributed by atoms with E-state index < -0.39 is 0 Å². The molecule has 4 fully saturated rings. The summed E-state index contributed by atoms with van der Waals surface area (Å²) in [5, 5.41) is 0. The Bertz CT molecular complexity index is 1590. The summed E-state index contributed by atoms with van der Waals surface area (Å²) in [6.07, 6.45) is 28.1. The third-order valence-corrected chi connectivity index (χ3v) is 15.8. The van der Waals surface area contributed by atoms with Gasteiger partial charge in [-0.05, 0) is 107 Å². The molecule has 4 aliphatic carbocycles. The van der Waals surface area contributed by atoms with E-state index in [9.17, 15) is 0 Å². The quantitative estimate of drug-likeness (QED) is 0.0847. The van der Waals surface area contributed by atoms with Crippen LogP contribution in [0.25, 0.3) is 11.1 Å². The number of rotatable bonds is 19. The fourth-order valence-electron chi connectivity index (χ4n) is 13.6. The van der Waals surface area contributed by atoms with Crippen LogP contribution in [-0.2, 0) is 10.8 Å². The van der Waals surface area contributed by atoms with E-state index in [4.69, 9.17) is 0 Å². The summed E-state index contributed by atoms with van der Waals surface area (Å²) >= 11 is 0. The van der Waals surface area contributed by atoms with Crippen molar-refractivity contribution in [3.05, 3.63) is 131 Å². The van der Waals surface area contributed by atoms with E-state index in [1.807, 2.05) is 0 Å². The molecule has 0 aliphatic heterocycles. The zero-order valence-corrected chi connectivity index (χ0v) is 34.0. The molecule has 0 N–H and O–H groups in total. The van der Waals surface area contributed by atoms with Crippen molar-refractivity contribution in [1.29, 1.82) is 0 Å². The zero-order chi connectivity index (χ0) is 36.8. The van der Waals surface area contributed by atoms with Crippen LogP contribution < -0.4 is 0 Å². The van der Waals surface area contributed by atoms with Crippen LogP contribution in [0.4, 0.5) is 0 Å². The van der Waals surface area contributed by atoms with Crippen molar-refractivity contribution in [1.82, 2.24) is 0 Å². The van der Waals surface area contributed by atoms with Crippen molar-refractivity contribution in [2.45, 2.75) is 153 Å². The SMILES string of the molecule is CCCCCCCC[C@@H]1C[C@@H]2CC[C@H]1[C@]2(c1ccccc1)c1ccc(-c2ccc([C@@]3(c4ccccc4)[C@@H]4CC[C@H]3[C@@H](CCCCCCCC)C4)cc2)cc1. The first kappa shape index (κ1) is 37.8. The predicted molar refractivity (Wildman–Crippen MR) is 231 cm³/mol. The van der Waals surface area contributed by atoms with Gasteiger partial charge in [-0.2, -0.15) is 0 Å². The van der Waals surface area contributed by atoms with Crippen molar-refractivity contribution < 1.29 is 0 Å². The van der Waals surface area contributed by atoms with Crippen LogP contribution in [0.1, 0.15) is 165 Å². The first-order valence-corrected chi connectivity index (χ1v) is 23.0. The standard InChI is InChI=1S/C54H70/c1-3-5-7-9-11-15-21-43-39-49-35-37-51(43)53(49,45-23-17-13-18-24-45)47-31-27-41(28-32-47)42-29-33-48(34-30-42)54(46-25-19-14-20-26-46)50-36-38-52(54)44(40-50)22-16-12-10-8-6-4-2/h13-14,17-20,23-34,43-44,49-52H,3-12,15-16,21-22,35-40H2,1-2H3/t43-,44+,49+,50-,51-,52+,53-,54+. The highest BCUT2D eigenvalue weighted by atomic mass is 14.6. The van der Waals surface area contributed by atoms with Crippen LogP contribution in [0.5, 0.6) is 0 Å². The normalized spacial score (nSPS) is 29.7. The van der Waals surface area contributed by atoms with Crippen molar-refractivity contribution in [2.75, 3.05) is 0 Å². The maximum absolute atomic E-state index is 2.55. The Kier molecular flexibility index (Phi) is 12.1. The molecule has 0 heterocycles. The molecule has 4 bridgehead atoms. The molecular weight excluding hydrogens is 649 g/mol. The van der Waals surface area contributed by atoms with E-state index in [-0.39, 0.29) is 10.8 Å². The Hall–Kier alpha value is -3.12. The van der Waals surface area contributed by atoms with Gasteiger partial charge in [-0.1, -0.05) is 213 Å². The van der Waals surface area contributed by atoms with Gasteiger partial charge >= 0.3 is 0 Å². The average Bonchev–Trinajstić information content (AvgIpc) is 3.97. The van der Waals surface area contributed by atoms with Gasteiger partial charge in [0.05, 0.1) is 0 Å². The molecule has 0 radical (unpaired) electrons. The van der Waals surface area contributed by atoms with Gasteiger partial charge < -0.3 is 0 Å². The molecule has 4 aromatic rings. The third kappa shape index (κ3) is 6.96. The molecular formula is C54H70. The molecule has 0 saturated heterocycles. The molecule has 0 amide bonds. The lowest BCUT2D eigenvalue weighted by molar-refractivity contribution is 0.287. The van der Waals surface area contributed by atoms with Gasteiger partial charge in [0.2, 0.25) is 0 Å². The predicted octanol–water partition coefficient (Wildman–Crippen LogP) is 15.5. The van der Waals surface area contributed by atoms with Crippen LogP contribution in [0.3, 0.4) is 0 Å². The largest absolute Gasteiger partial charge is 0.0654 e. The molecule has 0 heteroatoms. The number of unbranched alkanes of at least 4 members (excludes halogenated alkanes) is 10. The minimum absolute atomic E-state index is 0.173. The lowest BCUT2D eigenvalue weighted by Gasteiger charge is -2.38. The monoisotopic (exact) mass is 719 g/mol. The number of fused-ring (bicyclic) bond motifs is 4. The topological polar surface area (TPSA) is 0 Å². The van der Waals surface area contributed by atoms with E-state index >= 15 is 0 Å². The van der Waals surface area contributed by atoms with Gasteiger partial charge in [0.15, 0.2) is 0 Å². The smallest absolute Gasteiger partial charge is 0.0261 e. The van der Waals surface area contributed by atoms with Crippen LogP contribution in [-0.4, -0.2) is 0 Å². The Balaban J connectivity index is 1.03. The molecule has 4 saturated carbocycles. The van der Waals surface area contributed by atoms with Crippen LogP contribution in [0.2, 0.25) is 0 Å². The second-order valence-electron chi connectivity index (χ2n) is 18.5. The fourth-order valence-corrected chi connectivity index (χ4v) is 13.6. The Labute approximate surface area is 330 Å². The number of hydrogen-bond donors (Lipinski definition) is 0. The summed E-state index contributed by atoms with van der Waals surface area (Å²) in [4.78, 5) is 0. The highest BCUT2D eigenvalue weighted by molar-refractivity contribution is 5.66. The molecule has 0 aromatic heterocycles. The highest BCUT2D eigenvalue weighted by Crippen LogP contribution is 2.66. The molecule has 8 atom stereocenters. The molecule has 286 valence electrons. The van der Waals surface area contributed by atoms with Crippen molar-refractivity contribution >= 4 is 0 Å². The van der Waals surface area contributed by atoms with Crippen molar-refractivity contribution in [3.8, 4) is 11.1 Å². The van der Waals surface area contributed by atoms with Crippen LogP contribution >= 0.6 is 0 Å². The zero-order valence-electron chi connectivity index (χ0n) is 34.0. The second kappa shape index (κ2) is 17.3. The summed E-state index contributed by atoms with van der Waals surface area (Å²) in [6.45, 7) is 4.65. The van der Waals surface area contributed by atoms with Crippen LogP contribution in [0.15, 0.2) is 109 Å². The van der Waals surface area contributed by atoms with E-state index in [2.05, 4.69) is 123 Å². The van der Waals surface area contributed by atoms with Gasteiger partial charge in [-0.25, -0.2) is 0 Å². The summed E-state index contributed by atoms with van der Waals surface area (Å²) < 4.78 is 0. The number of benzene rings is 4. The van der Waals surface area contributed by atoms with E-state index in [1.54, 1.807) is 22.3 Å². The summed E-state index contributed by atoms with van der Waals surface area (Å²) in [6, 6.07) is 43.5. The maximum atomic E-state index is 2.55. The Morgan fingerprint density at radius 1 is 0.389 bits per heavy atom. The van der Waals surface area contributed by atoms with Gasteiger partial charge in [0.25, 0.3) is 0 Å². The number of hydrogen-bond acceptors (Lipinski definition) is 0. The maximum Gasteiger partial charge on any atom is 0.0261 e. The average molecular weight is 719 g/mol.